The molecule has 0 aromatic heterocycles. The van der Waals surface area contributed by atoms with E-state index in [0.717, 1.165) is 70.6 Å². The van der Waals surface area contributed by atoms with E-state index >= 15 is 0 Å². The lowest BCUT2D eigenvalue weighted by molar-refractivity contribution is -0.359. The molecular formula is C64H111NO13. The van der Waals surface area contributed by atoms with Gasteiger partial charge in [-0.1, -0.05) is 214 Å². The highest BCUT2D eigenvalue weighted by molar-refractivity contribution is 5.76. The molecule has 0 radical (unpaired) electrons. The molecule has 0 spiro atoms. The number of rotatable bonds is 48. The van der Waals surface area contributed by atoms with E-state index in [-0.39, 0.29) is 18.9 Å². The molecule has 0 aliphatic carbocycles. The van der Waals surface area contributed by atoms with Crippen LogP contribution in [0, 0.1) is 0 Å². The quantitative estimate of drug-likeness (QED) is 0.0204. The molecule has 14 nitrogen and oxygen atoms in total. The number of aliphatic hydroxyl groups is 8. The Hall–Kier alpha value is -2.83. The van der Waals surface area contributed by atoms with Crippen molar-refractivity contribution in [1.29, 1.82) is 0 Å². The molecule has 12 atom stereocenters. The van der Waals surface area contributed by atoms with Gasteiger partial charge in [-0.3, -0.25) is 4.79 Å². The van der Waals surface area contributed by atoms with Crippen LogP contribution in [0.4, 0.5) is 0 Å². The van der Waals surface area contributed by atoms with Crippen molar-refractivity contribution >= 4 is 5.91 Å². The maximum atomic E-state index is 13.3. The Balaban J connectivity index is 1.71. The van der Waals surface area contributed by atoms with Crippen molar-refractivity contribution in [3.63, 3.8) is 0 Å². The number of allylic oxidation sites excluding steroid dienone is 13. The van der Waals surface area contributed by atoms with Crippen molar-refractivity contribution in [2.45, 2.75) is 293 Å². The van der Waals surface area contributed by atoms with Crippen LogP contribution in [0.5, 0.6) is 0 Å². The summed E-state index contributed by atoms with van der Waals surface area (Å²) in [5.74, 6) is -0.256. The van der Waals surface area contributed by atoms with E-state index in [9.17, 15) is 45.6 Å². The van der Waals surface area contributed by atoms with E-state index < -0.39 is 86.8 Å². The number of unbranched alkanes of at least 4 members (excludes halogenated alkanes) is 23. The molecule has 9 N–H and O–H groups in total. The number of hydrogen-bond donors (Lipinski definition) is 9. The van der Waals surface area contributed by atoms with Gasteiger partial charge in [0.15, 0.2) is 12.6 Å². The van der Waals surface area contributed by atoms with Gasteiger partial charge in [0.05, 0.1) is 32.0 Å². The van der Waals surface area contributed by atoms with Gasteiger partial charge in [0.25, 0.3) is 0 Å². The van der Waals surface area contributed by atoms with E-state index in [1.54, 1.807) is 6.08 Å². The summed E-state index contributed by atoms with van der Waals surface area (Å²) in [6.45, 7) is 2.64. The van der Waals surface area contributed by atoms with Crippen LogP contribution in [0.25, 0.3) is 0 Å². The third-order valence-electron chi connectivity index (χ3n) is 14.5. The fourth-order valence-electron chi connectivity index (χ4n) is 9.61. The highest BCUT2D eigenvalue weighted by atomic mass is 16.7. The van der Waals surface area contributed by atoms with Gasteiger partial charge >= 0.3 is 0 Å². The smallest absolute Gasteiger partial charge is 0.220 e. The average Bonchev–Trinajstić information content (AvgIpc) is 3.47. The monoisotopic (exact) mass is 1100 g/mol. The minimum atomic E-state index is -1.79. The van der Waals surface area contributed by atoms with Crippen LogP contribution in [0.15, 0.2) is 85.1 Å². The maximum Gasteiger partial charge on any atom is 0.220 e. The van der Waals surface area contributed by atoms with Crippen LogP contribution >= 0.6 is 0 Å². The summed E-state index contributed by atoms with van der Waals surface area (Å²) in [5.41, 5.74) is 0. The average molecular weight is 1100 g/mol. The molecular weight excluding hydrogens is 991 g/mol. The first-order chi connectivity index (χ1) is 38.1. The molecule has 2 heterocycles. The lowest BCUT2D eigenvalue weighted by Gasteiger charge is -2.46. The Labute approximate surface area is 471 Å². The summed E-state index contributed by atoms with van der Waals surface area (Å²) in [6.07, 6.45) is 49.2. The van der Waals surface area contributed by atoms with Crippen molar-refractivity contribution in [2.24, 2.45) is 0 Å². The van der Waals surface area contributed by atoms with Crippen molar-refractivity contribution in [3.8, 4) is 0 Å². The van der Waals surface area contributed by atoms with Crippen molar-refractivity contribution < 1.29 is 64.6 Å². The zero-order valence-corrected chi connectivity index (χ0v) is 48.4. The Bertz CT molecular complexity index is 1630. The summed E-state index contributed by atoms with van der Waals surface area (Å²) >= 11 is 0. The zero-order chi connectivity index (χ0) is 56.7. The summed E-state index contributed by atoms with van der Waals surface area (Å²) < 4.78 is 22.7. The second kappa shape index (κ2) is 48.8. The first kappa shape index (κ1) is 71.3. The summed E-state index contributed by atoms with van der Waals surface area (Å²) in [5, 5.41) is 87.1. The summed E-state index contributed by atoms with van der Waals surface area (Å²) in [7, 11) is 0. The normalized spacial score (nSPS) is 25.2. The first-order valence-corrected chi connectivity index (χ1v) is 30.8. The van der Waals surface area contributed by atoms with Crippen LogP contribution in [0.2, 0.25) is 0 Å². The number of nitrogens with one attached hydrogen (secondary N) is 1. The third-order valence-corrected chi connectivity index (χ3v) is 14.5. The number of carbonyl (C=O) groups excluding carboxylic acids is 1. The minimum Gasteiger partial charge on any atom is -0.394 e. The van der Waals surface area contributed by atoms with Crippen LogP contribution in [-0.4, -0.2) is 140 Å². The molecule has 0 saturated carbocycles. The van der Waals surface area contributed by atoms with Crippen LogP contribution < -0.4 is 5.32 Å². The second-order valence-corrected chi connectivity index (χ2v) is 21.4. The molecule has 2 rings (SSSR count). The Morgan fingerprint density at radius 3 is 1.41 bits per heavy atom. The Kier molecular flexibility index (Phi) is 44.6. The second-order valence-electron chi connectivity index (χ2n) is 21.4. The van der Waals surface area contributed by atoms with E-state index in [2.05, 4.69) is 92.1 Å². The van der Waals surface area contributed by atoms with Gasteiger partial charge < -0.3 is 65.1 Å². The Morgan fingerprint density at radius 2 is 0.897 bits per heavy atom. The fourth-order valence-corrected chi connectivity index (χ4v) is 9.61. The molecule has 78 heavy (non-hydrogen) atoms. The molecule has 0 bridgehead atoms. The molecule has 2 aliphatic heterocycles. The standard InChI is InChI=1S/C64H111NO13/c1-3-5-7-9-11-13-15-17-19-20-21-22-23-24-25-26-27-28-29-30-31-32-34-36-38-40-42-44-46-48-56(69)65-52(53(68)47-45-43-41-39-37-35-33-18-16-14-12-10-8-6-4-2)51-75-63-61(74)59(72)62(55(50-67)77-63)78-64-60(73)58(71)57(70)54(49-66)76-64/h5,7,11,13,16-19,21-22,37,39,45,47,52-55,57-64,66-68,70-74H,3-4,6,8-10,12,14-15,20,23-36,38,40-44,46,48-51H2,1-2H3,(H,65,69)/b7-5-,13-11-,18-16+,19-17-,22-21-,39-37+,47-45+. The predicted molar refractivity (Wildman–Crippen MR) is 313 cm³/mol. The number of carbonyl (C=O) groups is 1. The first-order valence-electron chi connectivity index (χ1n) is 30.8. The van der Waals surface area contributed by atoms with Gasteiger partial charge in [-0.05, 0) is 83.5 Å². The van der Waals surface area contributed by atoms with Crippen molar-refractivity contribution in [1.82, 2.24) is 5.32 Å². The highest BCUT2D eigenvalue weighted by Gasteiger charge is 2.51. The molecule has 2 fully saturated rings. The number of aliphatic hydroxyl groups excluding tert-OH is 8. The lowest BCUT2D eigenvalue weighted by Crippen LogP contribution is -2.65. The molecule has 14 heteroatoms. The predicted octanol–water partition coefficient (Wildman–Crippen LogP) is 10.9. The van der Waals surface area contributed by atoms with Gasteiger partial charge in [-0.2, -0.15) is 0 Å². The molecule has 1 amide bonds. The molecule has 2 saturated heterocycles. The highest BCUT2D eigenvalue weighted by Crippen LogP contribution is 2.30. The van der Waals surface area contributed by atoms with Gasteiger partial charge in [0.2, 0.25) is 5.91 Å². The van der Waals surface area contributed by atoms with Crippen molar-refractivity contribution in [3.05, 3.63) is 85.1 Å². The topological polar surface area (TPSA) is 228 Å². The zero-order valence-electron chi connectivity index (χ0n) is 48.4. The summed E-state index contributed by atoms with van der Waals surface area (Å²) in [4.78, 5) is 13.3. The maximum absolute atomic E-state index is 13.3. The van der Waals surface area contributed by atoms with E-state index in [1.807, 2.05) is 6.08 Å². The third kappa shape index (κ3) is 33.8. The van der Waals surface area contributed by atoms with E-state index in [4.69, 9.17) is 18.9 Å². The number of hydrogen-bond acceptors (Lipinski definition) is 13. The van der Waals surface area contributed by atoms with Crippen LogP contribution in [-0.2, 0) is 23.7 Å². The number of amides is 1. The van der Waals surface area contributed by atoms with Crippen LogP contribution in [0.1, 0.15) is 219 Å². The van der Waals surface area contributed by atoms with Gasteiger partial charge in [-0.15, -0.1) is 0 Å². The molecule has 0 aromatic rings. The minimum absolute atomic E-state index is 0.256. The van der Waals surface area contributed by atoms with Gasteiger partial charge in [0, 0.05) is 6.42 Å². The Morgan fingerprint density at radius 1 is 0.474 bits per heavy atom. The summed E-state index contributed by atoms with van der Waals surface area (Å²) in [6, 6.07) is -0.941. The molecule has 0 aromatic carbocycles. The fraction of sp³-hybridized carbons (Fsp3) is 0.766. The SMILES string of the molecule is CC/C=C\C/C=C\C/C=C\C/C=C\CCCCCCCCCCCCCCCCCCC(=O)NC(COC1OC(CO)C(OC2OC(CO)C(O)C(O)C2O)C(O)C1O)C(O)/C=C/CC/C=C/CC/C=C/CCCCCCC. The lowest BCUT2D eigenvalue weighted by atomic mass is 9.97. The van der Waals surface area contributed by atoms with Gasteiger partial charge in [0.1, 0.15) is 48.8 Å². The van der Waals surface area contributed by atoms with E-state index in [0.29, 0.717) is 12.8 Å². The largest absolute Gasteiger partial charge is 0.394 e. The molecule has 450 valence electrons. The molecule has 12 unspecified atom stereocenters. The van der Waals surface area contributed by atoms with Crippen LogP contribution in [0.3, 0.4) is 0 Å². The van der Waals surface area contributed by atoms with Crippen molar-refractivity contribution in [2.75, 3.05) is 19.8 Å². The van der Waals surface area contributed by atoms with Gasteiger partial charge in [-0.25, -0.2) is 0 Å². The molecule has 2 aliphatic rings. The van der Waals surface area contributed by atoms with E-state index in [1.165, 1.54) is 116 Å². The number of ether oxygens (including phenoxy) is 4.